The molecule has 2 amide bonds. The van der Waals surface area contributed by atoms with Crippen LogP contribution in [0.25, 0.3) is 0 Å². The van der Waals surface area contributed by atoms with E-state index in [-0.39, 0.29) is 0 Å². The van der Waals surface area contributed by atoms with Crippen LogP contribution in [0.2, 0.25) is 0 Å². The molecule has 7 nitrogen and oxygen atoms in total. The van der Waals surface area contributed by atoms with E-state index in [1.54, 1.807) is 13.2 Å². The van der Waals surface area contributed by atoms with Crippen LogP contribution < -0.4 is 10.6 Å². The number of aliphatic carboxylic acids is 1. The Balaban J connectivity index is 2.44. The third kappa shape index (κ3) is 5.02. The van der Waals surface area contributed by atoms with E-state index in [9.17, 15) is 9.59 Å². The number of rotatable bonds is 7. The summed E-state index contributed by atoms with van der Waals surface area (Å²) in [6.45, 7) is 0.451. The molecule has 3 N–H and O–H groups in total. The number of aromatic nitrogens is 2. The summed E-state index contributed by atoms with van der Waals surface area (Å²) >= 11 is 0. The van der Waals surface area contributed by atoms with Gasteiger partial charge in [-0.05, 0) is 12.8 Å². The molecule has 1 aromatic heterocycles. The Morgan fingerprint density at radius 2 is 2.30 bits per heavy atom. The zero-order valence-electron chi connectivity index (χ0n) is 11.3. The summed E-state index contributed by atoms with van der Waals surface area (Å²) in [5.41, 5.74) is 0.419. The lowest BCUT2D eigenvalue weighted by Gasteiger charge is -2.13. The zero-order valence-corrected chi connectivity index (χ0v) is 11.3. The first-order valence-electron chi connectivity index (χ1n) is 6.23. The summed E-state index contributed by atoms with van der Waals surface area (Å²) < 4.78 is 1.48. The summed E-state index contributed by atoms with van der Waals surface area (Å²) in [6, 6.07) is -1.64. The second-order valence-corrected chi connectivity index (χ2v) is 4.28. The number of carboxylic acid groups (broad SMARTS) is 1. The molecule has 0 bridgehead atoms. The lowest BCUT2D eigenvalue weighted by Crippen LogP contribution is -2.41. The molecule has 0 spiro atoms. The Morgan fingerprint density at radius 3 is 2.85 bits per heavy atom. The summed E-state index contributed by atoms with van der Waals surface area (Å²) in [5.74, 6) is 1.37. The maximum absolute atomic E-state index is 11.6. The molecule has 0 aliphatic carbocycles. The highest BCUT2D eigenvalue weighted by molar-refractivity contribution is 5.83. The molecule has 20 heavy (non-hydrogen) atoms. The number of nitrogens with zero attached hydrogens (tertiary/aromatic N) is 2. The lowest BCUT2D eigenvalue weighted by atomic mass is 10.1. The van der Waals surface area contributed by atoms with E-state index in [2.05, 4.69) is 21.7 Å². The fourth-order valence-electron chi connectivity index (χ4n) is 1.61. The van der Waals surface area contributed by atoms with Crippen LogP contribution in [0.1, 0.15) is 30.9 Å². The van der Waals surface area contributed by atoms with Gasteiger partial charge in [0.05, 0.1) is 6.20 Å². The molecule has 7 heteroatoms. The number of terminal acetylenes is 1. The molecule has 0 aliphatic rings. The molecule has 1 rings (SSSR count). The van der Waals surface area contributed by atoms with Gasteiger partial charge in [0.15, 0.2) is 6.04 Å². The fraction of sp³-hybridized carbons (Fsp3) is 0.462. The summed E-state index contributed by atoms with van der Waals surface area (Å²) in [4.78, 5) is 22.8. The van der Waals surface area contributed by atoms with Crippen molar-refractivity contribution >= 4 is 12.0 Å². The van der Waals surface area contributed by atoms with Gasteiger partial charge in [0.2, 0.25) is 0 Å². The third-order valence-corrected chi connectivity index (χ3v) is 2.61. The number of hydrogen-bond acceptors (Lipinski definition) is 3. The number of hydrogen-bond donors (Lipinski definition) is 3. The van der Waals surface area contributed by atoms with Crippen molar-refractivity contribution in [1.82, 2.24) is 20.4 Å². The van der Waals surface area contributed by atoms with E-state index in [1.807, 2.05) is 0 Å². The first kappa shape index (κ1) is 15.6. The van der Waals surface area contributed by atoms with E-state index in [0.717, 1.165) is 12.8 Å². The van der Waals surface area contributed by atoms with E-state index in [4.69, 9.17) is 11.5 Å². The normalized spacial score (nSPS) is 11.4. The van der Waals surface area contributed by atoms with Crippen molar-refractivity contribution in [3.63, 3.8) is 0 Å². The largest absolute Gasteiger partial charge is 0.479 e. The predicted octanol–water partition coefficient (Wildman–Crippen LogP) is 0.648. The second-order valence-electron chi connectivity index (χ2n) is 4.28. The van der Waals surface area contributed by atoms with Crippen molar-refractivity contribution in [1.29, 1.82) is 0 Å². The van der Waals surface area contributed by atoms with E-state index in [1.165, 1.54) is 10.9 Å². The second kappa shape index (κ2) is 7.84. The number of aryl methyl sites for hydroxylation is 1. The number of carbonyl (C=O) groups excluding carboxylic acids is 1. The van der Waals surface area contributed by atoms with Crippen LogP contribution in [0.4, 0.5) is 4.79 Å². The topological polar surface area (TPSA) is 96.2 Å². The minimum absolute atomic E-state index is 0.419. The van der Waals surface area contributed by atoms with Gasteiger partial charge in [-0.15, -0.1) is 12.3 Å². The minimum atomic E-state index is -1.14. The number of unbranched alkanes of at least 4 members (excludes halogenated alkanes) is 2. The highest BCUT2D eigenvalue weighted by Crippen LogP contribution is 2.11. The van der Waals surface area contributed by atoms with Gasteiger partial charge in [-0.25, -0.2) is 9.59 Å². The van der Waals surface area contributed by atoms with Crippen LogP contribution in [-0.4, -0.2) is 33.4 Å². The molecule has 1 aromatic rings. The van der Waals surface area contributed by atoms with Gasteiger partial charge in [0, 0.05) is 31.8 Å². The van der Waals surface area contributed by atoms with Crippen molar-refractivity contribution in [2.24, 2.45) is 7.05 Å². The van der Waals surface area contributed by atoms with Crippen molar-refractivity contribution in [3.8, 4) is 12.3 Å². The van der Waals surface area contributed by atoms with Gasteiger partial charge >= 0.3 is 12.0 Å². The highest BCUT2D eigenvalue weighted by Gasteiger charge is 2.23. The van der Waals surface area contributed by atoms with Crippen molar-refractivity contribution in [2.75, 3.05) is 6.54 Å². The summed E-state index contributed by atoms with van der Waals surface area (Å²) in [5, 5.41) is 18.0. The number of amides is 2. The van der Waals surface area contributed by atoms with E-state index < -0.39 is 18.0 Å². The lowest BCUT2D eigenvalue weighted by molar-refractivity contribution is -0.139. The van der Waals surface area contributed by atoms with Crippen LogP contribution in [0.5, 0.6) is 0 Å². The first-order chi connectivity index (χ1) is 9.54. The molecule has 0 saturated carbocycles. The number of carboxylic acids is 1. The Morgan fingerprint density at radius 1 is 1.55 bits per heavy atom. The number of carbonyl (C=O) groups is 2. The highest BCUT2D eigenvalue weighted by atomic mass is 16.4. The standard InChI is InChI=1S/C13H18N4O3/c1-3-4-5-6-7-14-13(20)16-11(12(18)19)10-8-15-17(2)9-10/h1,8-9,11H,4-7H2,2H3,(H,18,19)(H2,14,16,20). The van der Waals surface area contributed by atoms with E-state index in [0.29, 0.717) is 18.5 Å². The molecular weight excluding hydrogens is 260 g/mol. The molecule has 1 atom stereocenters. The molecule has 1 unspecified atom stereocenters. The minimum Gasteiger partial charge on any atom is -0.479 e. The smallest absolute Gasteiger partial charge is 0.331 e. The molecule has 0 radical (unpaired) electrons. The van der Waals surface area contributed by atoms with Gasteiger partial charge in [-0.2, -0.15) is 5.10 Å². The Hall–Kier alpha value is -2.49. The molecular formula is C13H18N4O3. The van der Waals surface area contributed by atoms with Crippen LogP contribution in [0.3, 0.4) is 0 Å². The Kier molecular flexibility index (Phi) is 6.10. The monoisotopic (exact) mass is 278 g/mol. The van der Waals surface area contributed by atoms with Crippen LogP contribution in [0, 0.1) is 12.3 Å². The van der Waals surface area contributed by atoms with Crippen molar-refractivity contribution < 1.29 is 14.7 Å². The number of urea groups is 1. The molecule has 0 fully saturated rings. The third-order valence-electron chi connectivity index (χ3n) is 2.61. The molecule has 108 valence electrons. The van der Waals surface area contributed by atoms with Gasteiger partial charge < -0.3 is 15.7 Å². The van der Waals surface area contributed by atoms with Gasteiger partial charge in [0.1, 0.15) is 0 Å². The SMILES string of the molecule is C#CCCCCNC(=O)NC(C(=O)O)c1cnn(C)c1. The zero-order chi connectivity index (χ0) is 15.0. The summed E-state index contributed by atoms with van der Waals surface area (Å²) in [7, 11) is 1.67. The molecule has 0 aromatic carbocycles. The summed E-state index contributed by atoms with van der Waals surface area (Å²) in [6.07, 6.45) is 10.3. The van der Waals surface area contributed by atoms with Crippen LogP contribution in [-0.2, 0) is 11.8 Å². The van der Waals surface area contributed by atoms with Gasteiger partial charge in [-0.3, -0.25) is 4.68 Å². The van der Waals surface area contributed by atoms with Crippen molar-refractivity contribution in [2.45, 2.75) is 25.3 Å². The maximum Gasteiger partial charge on any atom is 0.331 e. The van der Waals surface area contributed by atoms with Crippen LogP contribution >= 0.6 is 0 Å². The Bertz CT molecular complexity index is 504. The van der Waals surface area contributed by atoms with Gasteiger partial charge in [0.25, 0.3) is 0 Å². The quantitative estimate of drug-likeness (QED) is 0.504. The van der Waals surface area contributed by atoms with Crippen molar-refractivity contribution in [3.05, 3.63) is 18.0 Å². The molecule has 0 saturated heterocycles. The molecule has 0 aliphatic heterocycles. The average molecular weight is 278 g/mol. The van der Waals surface area contributed by atoms with Gasteiger partial charge in [-0.1, -0.05) is 0 Å². The van der Waals surface area contributed by atoms with E-state index >= 15 is 0 Å². The van der Waals surface area contributed by atoms with Crippen LogP contribution in [0.15, 0.2) is 12.4 Å². The first-order valence-corrected chi connectivity index (χ1v) is 6.23. The Labute approximate surface area is 117 Å². The number of nitrogens with one attached hydrogen (secondary N) is 2. The predicted molar refractivity (Wildman–Crippen MR) is 72.8 cm³/mol. The fourth-order valence-corrected chi connectivity index (χ4v) is 1.61. The maximum atomic E-state index is 11.6. The molecule has 1 heterocycles. The average Bonchev–Trinajstić information content (AvgIpc) is 2.81.